The second kappa shape index (κ2) is 9.20. The van der Waals surface area contributed by atoms with Crippen molar-refractivity contribution in [2.24, 2.45) is 5.92 Å². The van der Waals surface area contributed by atoms with Crippen LogP contribution < -0.4 is 10.6 Å². The average molecular weight is 346 g/mol. The van der Waals surface area contributed by atoms with Gasteiger partial charge in [-0.2, -0.15) is 0 Å². The predicted molar refractivity (Wildman–Crippen MR) is 93.7 cm³/mol. The lowest BCUT2D eigenvalue weighted by molar-refractivity contribution is -0.148. The first kappa shape index (κ1) is 19.0. The van der Waals surface area contributed by atoms with E-state index >= 15 is 0 Å². The van der Waals surface area contributed by atoms with E-state index in [2.05, 4.69) is 10.6 Å². The van der Waals surface area contributed by atoms with Gasteiger partial charge in [0.15, 0.2) is 0 Å². The predicted octanol–water partition coefficient (Wildman–Crippen LogP) is 1.58. The Morgan fingerprint density at radius 1 is 1.04 bits per heavy atom. The molecule has 0 spiro atoms. The number of rotatable bonds is 8. The lowest BCUT2D eigenvalue weighted by Crippen LogP contribution is -2.62. The van der Waals surface area contributed by atoms with Crippen LogP contribution in [-0.4, -0.2) is 36.5 Å². The highest BCUT2D eigenvalue weighted by Gasteiger charge is 2.35. The number of benzene rings is 1. The van der Waals surface area contributed by atoms with Gasteiger partial charge in [0, 0.05) is 6.42 Å². The first-order chi connectivity index (χ1) is 12.0. The van der Waals surface area contributed by atoms with E-state index in [1.807, 2.05) is 44.2 Å². The Labute approximate surface area is 148 Å². The van der Waals surface area contributed by atoms with Crippen molar-refractivity contribution in [3.05, 3.63) is 35.9 Å². The molecule has 136 valence electrons. The van der Waals surface area contributed by atoms with E-state index in [1.54, 1.807) is 0 Å². The fourth-order valence-corrected chi connectivity index (χ4v) is 2.77. The summed E-state index contributed by atoms with van der Waals surface area (Å²) in [5, 5.41) is 5.33. The molecule has 1 aliphatic rings. The fraction of sp³-hybridized carbons (Fsp3) is 0.526. The van der Waals surface area contributed by atoms with Gasteiger partial charge in [-0.25, -0.2) is 0 Å². The van der Waals surface area contributed by atoms with E-state index in [1.165, 1.54) is 0 Å². The van der Waals surface area contributed by atoms with Crippen LogP contribution in [0.15, 0.2) is 30.3 Å². The maximum absolute atomic E-state index is 12.2. The van der Waals surface area contributed by atoms with E-state index in [4.69, 9.17) is 4.74 Å². The lowest BCUT2D eigenvalue weighted by Gasteiger charge is -2.29. The van der Waals surface area contributed by atoms with Crippen LogP contribution in [0, 0.1) is 5.92 Å². The third kappa shape index (κ3) is 5.59. The second-order valence-electron chi connectivity index (χ2n) is 6.38. The molecule has 0 radical (unpaired) electrons. The molecule has 6 heteroatoms. The number of piperazine rings is 1. The van der Waals surface area contributed by atoms with Crippen LogP contribution in [0.5, 0.6) is 0 Å². The van der Waals surface area contributed by atoms with Crippen molar-refractivity contribution < 1.29 is 19.1 Å². The zero-order valence-electron chi connectivity index (χ0n) is 14.8. The van der Waals surface area contributed by atoms with E-state index in [-0.39, 0.29) is 18.2 Å². The zero-order valence-corrected chi connectivity index (χ0v) is 14.8. The van der Waals surface area contributed by atoms with Crippen molar-refractivity contribution in [3.63, 3.8) is 0 Å². The van der Waals surface area contributed by atoms with Gasteiger partial charge in [0.05, 0.1) is 13.0 Å². The molecule has 1 aromatic rings. The second-order valence-corrected chi connectivity index (χ2v) is 6.38. The summed E-state index contributed by atoms with van der Waals surface area (Å²) in [7, 11) is 0. The maximum Gasteiger partial charge on any atom is 0.308 e. The van der Waals surface area contributed by atoms with Gasteiger partial charge in [-0.3, -0.25) is 14.4 Å². The van der Waals surface area contributed by atoms with Crippen molar-refractivity contribution in [1.82, 2.24) is 10.6 Å². The van der Waals surface area contributed by atoms with Crippen molar-refractivity contribution in [2.45, 2.75) is 51.6 Å². The summed E-state index contributed by atoms with van der Waals surface area (Å²) < 4.78 is 5.22. The average Bonchev–Trinajstić information content (AvgIpc) is 2.61. The standard InChI is InChI=1S/C19H26N2O4/c1-3-13(4-2)12-25-17(22)11-16-19(24)20-15(18(23)21-16)10-14-8-6-5-7-9-14/h5-9,13,15-16H,3-4,10-12H2,1-2H3,(H,20,24)(H,21,23)/t15-,16-/m0/s1. The van der Waals surface area contributed by atoms with Crippen molar-refractivity contribution in [2.75, 3.05) is 6.61 Å². The fourth-order valence-electron chi connectivity index (χ4n) is 2.77. The Balaban J connectivity index is 1.84. The number of esters is 1. The van der Waals surface area contributed by atoms with Crippen LogP contribution in [0.2, 0.25) is 0 Å². The number of nitrogens with one attached hydrogen (secondary N) is 2. The van der Waals surface area contributed by atoms with Crippen LogP contribution >= 0.6 is 0 Å². The molecule has 0 aromatic heterocycles. The van der Waals surface area contributed by atoms with Crippen LogP contribution in [0.4, 0.5) is 0 Å². The Morgan fingerprint density at radius 3 is 2.28 bits per heavy atom. The van der Waals surface area contributed by atoms with Crippen LogP contribution in [-0.2, 0) is 25.5 Å². The molecule has 2 amide bonds. The number of carbonyl (C=O) groups is 3. The molecule has 2 N–H and O–H groups in total. The molecule has 1 fully saturated rings. The minimum atomic E-state index is -0.867. The minimum absolute atomic E-state index is 0.143. The van der Waals surface area contributed by atoms with E-state index in [0.717, 1.165) is 18.4 Å². The Morgan fingerprint density at radius 2 is 1.64 bits per heavy atom. The van der Waals surface area contributed by atoms with Crippen LogP contribution in [0.1, 0.15) is 38.7 Å². The first-order valence-corrected chi connectivity index (χ1v) is 8.83. The Hall–Kier alpha value is -2.37. The van der Waals surface area contributed by atoms with Crippen molar-refractivity contribution >= 4 is 17.8 Å². The smallest absolute Gasteiger partial charge is 0.308 e. The van der Waals surface area contributed by atoms with Gasteiger partial charge in [-0.1, -0.05) is 57.0 Å². The van der Waals surface area contributed by atoms with Crippen molar-refractivity contribution in [3.8, 4) is 0 Å². The number of hydrogen-bond donors (Lipinski definition) is 2. The van der Waals surface area contributed by atoms with E-state index in [0.29, 0.717) is 18.9 Å². The van der Waals surface area contributed by atoms with Gasteiger partial charge in [-0.15, -0.1) is 0 Å². The van der Waals surface area contributed by atoms with Gasteiger partial charge < -0.3 is 15.4 Å². The third-order valence-corrected chi connectivity index (χ3v) is 4.55. The van der Waals surface area contributed by atoms with Crippen LogP contribution in [0.25, 0.3) is 0 Å². The normalized spacial score (nSPS) is 20.1. The molecule has 1 aromatic carbocycles. The lowest BCUT2D eigenvalue weighted by atomic mass is 10.0. The summed E-state index contributed by atoms with van der Waals surface area (Å²) in [6.45, 7) is 4.44. The van der Waals surface area contributed by atoms with E-state index in [9.17, 15) is 14.4 Å². The molecule has 0 unspecified atom stereocenters. The highest BCUT2D eigenvalue weighted by molar-refractivity contribution is 5.98. The summed E-state index contributed by atoms with van der Waals surface area (Å²) in [5.74, 6) is -0.760. The van der Waals surface area contributed by atoms with Gasteiger partial charge >= 0.3 is 5.97 Å². The maximum atomic E-state index is 12.2. The summed E-state index contributed by atoms with van der Waals surface area (Å²) in [5.41, 5.74) is 0.964. The van der Waals surface area contributed by atoms with E-state index < -0.39 is 18.1 Å². The third-order valence-electron chi connectivity index (χ3n) is 4.55. The number of hydrogen-bond acceptors (Lipinski definition) is 4. The van der Waals surface area contributed by atoms with Gasteiger partial charge in [-0.05, 0) is 11.5 Å². The molecule has 0 aliphatic carbocycles. The first-order valence-electron chi connectivity index (χ1n) is 8.83. The van der Waals surface area contributed by atoms with Gasteiger partial charge in [0.25, 0.3) is 0 Å². The highest BCUT2D eigenvalue weighted by atomic mass is 16.5. The molecular weight excluding hydrogens is 320 g/mol. The quantitative estimate of drug-likeness (QED) is 0.700. The minimum Gasteiger partial charge on any atom is -0.465 e. The molecule has 6 nitrogen and oxygen atoms in total. The Kier molecular flexibility index (Phi) is 6.98. The molecule has 1 heterocycles. The highest BCUT2D eigenvalue weighted by Crippen LogP contribution is 2.11. The molecule has 25 heavy (non-hydrogen) atoms. The zero-order chi connectivity index (χ0) is 18.2. The molecule has 2 atom stereocenters. The van der Waals surface area contributed by atoms with Gasteiger partial charge in [0.2, 0.25) is 11.8 Å². The molecular formula is C19H26N2O4. The van der Waals surface area contributed by atoms with Gasteiger partial charge in [0.1, 0.15) is 12.1 Å². The largest absolute Gasteiger partial charge is 0.465 e. The topological polar surface area (TPSA) is 84.5 Å². The molecule has 0 bridgehead atoms. The molecule has 2 rings (SSSR count). The summed E-state index contributed by atoms with van der Waals surface area (Å²) in [6.07, 6.45) is 2.15. The summed E-state index contributed by atoms with van der Waals surface area (Å²) in [4.78, 5) is 36.3. The number of carbonyl (C=O) groups excluding carboxylic acids is 3. The Bertz CT molecular complexity index is 599. The SMILES string of the molecule is CCC(CC)COC(=O)C[C@@H]1NC(=O)[C@H](Cc2ccccc2)NC1=O. The summed E-state index contributed by atoms with van der Waals surface area (Å²) in [6, 6.07) is 7.99. The molecule has 1 saturated heterocycles. The van der Waals surface area contributed by atoms with Crippen molar-refractivity contribution in [1.29, 1.82) is 0 Å². The molecule has 0 saturated carbocycles. The van der Waals surface area contributed by atoms with Crippen LogP contribution in [0.3, 0.4) is 0 Å². The monoisotopic (exact) mass is 346 g/mol. The summed E-state index contributed by atoms with van der Waals surface area (Å²) >= 11 is 0. The number of ether oxygens (including phenoxy) is 1. The number of amides is 2. The molecule has 1 aliphatic heterocycles.